The fraction of sp³-hybridized carbons (Fsp3) is 0.192. The number of halogens is 3. The molecule has 0 atom stereocenters. The number of nitrogens with one attached hydrogen (secondary N) is 4. The molecular weight excluding hydrogens is 467 g/mol. The molecule has 182 valence electrons. The number of aromatic nitrogens is 4. The Hall–Kier alpha value is -4.18. The van der Waals surface area contributed by atoms with Crippen molar-refractivity contribution in [2.75, 3.05) is 36.4 Å². The van der Waals surface area contributed by atoms with Gasteiger partial charge in [-0.05, 0) is 35.9 Å². The number of aromatic amines is 2. The van der Waals surface area contributed by atoms with Crippen molar-refractivity contribution in [3.63, 3.8) is 0 Å². The third-order valence-corrected chi connectivity index (χ3v) is 6.41. The molecule has 36 heavy (non-hydrogen) atoms. The molecule has 0 spiro atoms. The number of H-pyrrole nitrogens is 2. The number of alkyl halides is 3. The molecule has 0 radical (unpaired) electrons. The lowest BCUT2D eigenvalue weighted by Crippen LogP contribution is -2.43. The first kappa shape index (κ1) is 22.3. The highest BCUT2D eigenvalue weighted by Crippen LogP contribution is 2.37. The van der Waals surface area contributed by atoms with E-state index in [-0.39, 0.29) is 0 Å². The van der Waals surface area contributed by atoms with E-state index in [1.54, 1.807) is 24.7 Å². The van der Waals surface area contributed by atoms with Crippen LogP contribution < -0.4 is 20.5 Å². The van der Waals surface area contributed by atoms with Gasteiger partial charge in [-0.25, -0.2) is 15.0 Å². The van der Waals surface area contributed by atoms with Crippen molar-refractivity contribution in [1.29, 1.82) is 0 Å². The average Bonchev–Trinajstić information content (AvgIpc) is 3.27. The second-order valence-corrected chi connectivity index (χ2v) is 8.75. The Morgan fingerprint density at radius 1 is 0.972 bits per heavy atom. The Bertz CT molecular complexity index is 1540. The standard InChI is InChI=1S/C26H22F3N7/c27-26(28,29)17-3-1-2-16(10-17)21-14-31-15-22-24(21)20-11-18(12-33-25(20)35-22)34-23-5-4-19(13-32-23)36-8-6-30-7-9-36/h1-5,10-15,30H,6-9H2,(H,32,34)(H,33,35)/p+1. The molecule has 1 aliphatic heterocycles. The van der Waals surface area contributed by atoms with Crippen LogP contribution in [0.25, 0.3) is 33.1 Å². The number of hydrogen-bond donors (Lipinski definition) is 3. The zero-order valence-corrected chi connectivity index (χ0v) is 19.2. The van der Waals surface area contributed by atoms with E-state index in [9.17, 15) is 13.2 Å². The maximum absolute atomic E-state index is 13.3. The van der Waals surface area contributed by atoms with Crippen molar-refractivity contribution >= 4 is 39.1 Å². The summed E-state index contributed by atoms with van der Waals surface area (Å²) >= 11 is 0. The molecule has 1 fully saturated rings. The van der Waals surface area contributed by atoms with Crippen LogP contribution in [-0.2, 0) is 6.18 Å². The largest absolute Gasteiger partial charge is 0.416 e. The zero-order valence-electron chi connectivity index (χ0n) is 19.2. The SMILES string of the molecule is FC(F)(F)c1cccc(-c2c[nH+]cc3[nH]c4ncc(Nc5ccc(N6CCNCC6)cn5)cc4c23)c1. The van der Waals surface area contributed by atoms with Gasteiger partial charge in [0.1, 0.15) is 17.0 Å². The minimum atomic E-state index is -4.42. The second kappa shape index (κ2) is 8.80. The summed E-state index contributed by atoms with van der Waals surface area (Å²) in [6.07, 6.45) is 2.63. The third kappa shape index (κ3) is 4.20. The van der Waals surface area contributed by atoms with Crippen molar-refractivity contribution in [2.24, 2.45) is 0 Å². The van der Waals surface area contributed by atoms with Crippen molar-refractivity contribution in [2.45, 2.75) is 6.18 Å². The maximum Gasteiger partial charge on any atom is 0.416 e. The molecule has 0 saturated carbocycles. The van der Waals surface area contributed by atoms with Gasteiger partial charge in [-0.2, -0.15) is 13.2 Å². The van der Waals surface area contributed by atoms with E-state index in [0.29, 0.717) is 22.6 Å². The molecular formula is C26H23F3N7+. The predicted octanol–water partition coefficient (Wildman–Crippen LogP) is 4.76. The van der Waals surface area contributed by atoms with E-state index in [0.717, 1.165) is 59.9 Å². The minimum Gasteiger partial charge on any atom is -0.368 e. The Balaban J connectivity index is 1.36. The van der Waals surface area contributed by atoms with E-state index in [1.807, 2.05) is 24.4 Å². The number of rotatable bonds is 4. The van der Waals surface area contributed by atoms with Gasteiger partial charge in [0.2, 0.25) is 0 Å². The molecule has 1 aliphatic rings. The fourth-order valence-corrected chi connectivity index (χ4v) is 4.65. The number of pyridine rings is 3. The van der Waals surface area contributed by atoms with Gasteiger partial charge in [0.25, 0.3) is 0 Å². The van der Waals surface area contributed by atoms with Crippen LogP contribution in [-0.4, -0.2) is 41.1 Å². The molecule has 0 bridgehead atoms. The number of fused-ring (bicyclic) bond motifs is 3. The summed E-state index contributed by atoms with van der Waals surface area (Å²) in [5.74, 6) is 0.682. The molecule has 0 aliphatic carbocycles. The highest BCUT2D eigenvalue weighted by Gasteiger charge is 2.30. The monoisotopic (exact) mass is 490 g/mol. The topological polar surface area (TPSA) is 83.0 Å². The average molecular weight is 491 g/mol. The number of benzene rings is 1. The van der Waals surface area contributed by atoms with Crippen LogP contribution in [0.15, 0.2) is 67.3 Å². The van der Waals surface area contributed by atoms with Crippen LogP contribution in [0.3, 0.4) is 0 Å². The normalized spacial score (nSPS) is 14.5. The van der Waals surface area contributed by atoms with Gasteiger partial charge in [-0.1, -0.05) is 12.1 Å². The molecule has 5 aromatic rings. The summed E-state index contributed by atoms with van der Waals surface area (Å²) in [5.41, 5.74) is 3.64. The molecule has 1 aromatic carbocycles. The predicted molar refractivity (Wildman–Crippen MR) is 133 cm³/mol. The maximum atomic E-state index is 13.3. The fourth-order valence-electron chi connectivity index (χ4n) is 4.65. The van der Waals surface area contributed by atoms with Gasteiger partial charge >= 0.3 is 6.18 Å². The molecule has 4 aromatic heterocycles. The van der Waals surface area contributed by atoms with Crippen LogP contribution in [0.5, 0.6) is 0 Å². The van der Waals surface area contributed by atoms with Gasteiger partial charge in [0.15, 0.2) is 12.4 Å². The minimum absolute atomic E-state index is 0.469. The van der Waals surface area contributed by atoms with Gasteiger partial charge in [0.05, 0.1) is 34.9 Å². The number of piperazine rings is 1. The van der Waals surface area contributed by atoms with E-state index in [1.165, 1.54) is 12.1 Å². The molecule has 0 unspecified atom stereocenters. The number of anilines is 3. The van der Waals surface area contributed by atoms with Crippen molar-refractivity contribution in [3.05, 3.63) is 72.8 Å². The van der Waals surface area contributed by atoms with Gasteiger partial charge in [-0.3, -0.25) is 0 Å². The zero-order chi connectivity index (χ0) is 24.7. The van der Waals surface area contributed by atoms with E-state index < -0.39 is 11.7 Å². The van der Waals surface area contributed by atoms with Gasteiger partial charge in [0, 0.05) is 37.0 Å². The quantitative estimate of drug-likeness (QED) is 0.338. The highest BCUT2D eigenvalue weighted by molar-refractivity contribution is 6.13. The van der Waals surface area contributed by atoms with Gasteiger partial charge < -0.3 is 20.5 Å². The molecule has 4 N–H and O–H groups in total. The Labute approximate surface area is 204 Å². The molecule has 5 heterocycles. The number of hydrogen-bond acceptors (Lipinski definition) is 5. The summed E-state index contributed by atoms with van der Waals surface area (Å²) in [6, 6.07) is 11.3. The molecule has 6 rings (SSSR count). The van der Waals surface area contributed by atoms with Gasteiger partial charge in [-0.15, -0.1) is 0 Å². The number of nitrogens with zero attached hydrogens (tertiary/aromatic N) is 3. The highest BCUT2D eigenvalue weighted by atomic mass is 19.4. The first-order valence-corrected chi connectivity index (χ1v) is 11.6. The van der Waals surface area contributed by atoms with Crippen molar-refractivity contribution < 1.29 is 18.2 Å². The van der Waals surface area contributed by atoms with E-state index in [4.69, 9.17) is 0 Å². The lowest BCUT2D eigenvalue weighted by atomic mass is 10.00. The Morgan fingerprint density at radius 2 is 1.83 bits per heavy atom. The third-order valence-electron chi connectivity index (χ3n) is 6.41. The summed E-state index contributed by atoms with van der Waals surface area (Å²) in [5, 5.41) is 8.23. The first-order valence-electron chi connectivity index (χ1n) is 11.6. The summed E-state index contributed by atoms with van der Waals surface area (Å²) in [4.78, 5) is 17.7. The molecule has 0 amide bonds. The Morgan fingerprint density at radius 3 is 2.61 bits per heavy atom. The lowest BCUT2D eigenvalue weighted by molar-refractivity contribution is -0.375. The van der Waals surface area contributed by atoms with E-state index >= 15 is 0 Å². The van der Waals surface area contributed by atoms with Crippen LogP contribution in [0, 0.1) is 0 Å². The van der Waals surface area contributed by atoms with Crippen molar-refractivity contribution in [3.8, 4) is 11.1 Å². The summed E-state index contributed by atoms with van der Waals surface area (Å²) in [7, 11) is 0. The summed E-state index contributed by atoms with van der Waals surface area (Å²) in [6.45, 7) is 3.80. The van der Waals surface area contributed by atoms with Crippen molar-refractivity contribution in [1.82, 2.24) is 20.3 Å². The summed E-state index contributed by atoms with van der Waals surface area (Å²) < 4.78 is 40.0. The van der Waals surface area contributed by atoms with E-state index in [2.05, 4.69) is 35.5 Å². The second-order valence-electron chi connectivity index (χ2n) is 8.75. The van der Waals surface area contributed by atoms with Crippen LogP contribution in [0.4, 0.5) is 30.4 Å². The molecule has 10 heteroatoms. The Kier molecular flexibility index (Phi) is 5.45. The lowest BCUT2D eigenvalue weighted by Gasteiger charge is -2.29. The smallest absolute Gasteiger partial charge is 0.368 e. The van der Waals surface area contributed by atoms with Crippen LogP contribution in [0.1, 0.15) is 5.56 Å². The van der Waals surface area contributed by atoms with Crippen LogP contribution in [0.2, 0.25) is 0 Å². The molecule has 7 nitrogen and oxygen atoms in total. The van der Waals surface area contributed by atoms with Crippen LogP contribution >= 0.6 is 0 Å². The molecule has 1 saturated heterocycles. The first-order chi connectivity index (χ1) is 17.5.